The van der Waals surface area contributed by atoms with Gasteiger partial charge in [-0.1, -0.05) is 72.8 Å². The van der Waals surface area contributed by atoms with E-state index in [0.29, 0.717) is 24.6 Å². The average Bonchev–Trinajstić information content (AvgIpc) is 3.10. The Balaban J connectivity index is 1.24. The van der Waals surface area contributed by atoms with Gasteiger partial charge in [-0.15, -0.1) is 0 Å². The molecule has 3 N–H and O–H groups in total. The molecule has 2 aliphatic heterocycles. The van der Waals surface area contributed by atoms with Crippen LogP contribution in [0.2, 0.25) is 0 Å². The highest BCUT2D eigenvalue weighted by Gasteiger charge is 2.42. The molecule has 0 aromatic heterocycles. The van der Waals surface area contributed by atoms with Gasteiger partial charge < -0.3 is 30.5 Å². The summed E-state index contributed by atoms with van der Waals surface area (Å²) in [5.74, 6) is 1.24. The fourth-order valence-electron chi connectivity index (χ4n) is 6.74. The lowest BCUT2D eigenvalue weighted by atomic mass is 9.95. The largest absolute Gasteiger partial charge is 0.457 e. The van der Waals surface area contributed by atoms with Crippen LogP contribution in [0.15, 0.2) is 97.1 Å². The number of nitrogens with one attached hydrogen (secondary N) is 1. The van der Waals surface area contributed by atoms with Gasteiger partial charge in [0.25, 0.3) is 0 Å². The van der Waals surface area contributed by atoms with Crippen LogP contribution in [0.4, 0.5) is 0 Å². The molecular formula is C39H45N5O4. The summed E-state index contributed by atoms with van der Waals surface area (Å²) < 4.78 is 5.98. The van der Waals surface area contributed by atoms with E-state index in [1.807, 2.05) is 84.9 Å². The van der Waals surface area contributed by atoms with Crippen molar-refractivity contribution in [3.63, 3.8) is 0 Å². The molecule has 250 valence electrons. The fourth-order valence-corrected chi connectivity index (χ4v) is 6.74. The van der Waals surface area contributed by atoms with E-state index in [1.54, 1.807) is 9.80 Å². The molecule has 9 nitrogen and oxygen atoms in total. The van der Waals surface area contributed by atoms with Gasteiger partial charge in [0, 0.05) is 32.5 Å². The second-order valence-corrected chi connectivity index (χ2v) is 13.1. The molecule has 4 aromatic carbocycles. The number of piperidine rings is 1. The summed E-state index contributed by atoms with van der Waals surface area (Å²) in [5, 5.41) is 5.23. The highest BCUT2D eigenvalue weighted by Crippen LogP contribution is 2.25. The molecule has 2 fully saturated rings. The molecule has 9 heteroatoms. The minimum atomic E-state index is -0.835. The molecule has 2 saturated heterocycles. The van der Waals surface area contributed by atoms with Crippen molar-refractivity contribution in [2.45, 2.75) is 44.3 Å². The highest BCUT2D eigenvalue weighted by molar-refractivity contribution is 5.97. The first-order valence-corrected chi connectivity index (χ1v) is 16.9. The van der Waals surface area contributed by atoms with Crippen molar-refractivity contribution in [3.8, 4) is 11.5 Å². The number of likely N-dealkylation sites (tertiary alicyclic amines) is 1. The molecular weight excluding hydrogens is 602 g/mol. The Kier molecular flexibility index (Phi) is 10.7. The Morgan fingerprint density at radius 3 is 2.25 bits per heavy atom. The monoisotopic (exact) mass is 647 g/mol. The van der Waals surface area contributed by atoms with Crippen molar-refractivity contribution in [2.24, 2.45) is 11.7 Å². The number of para-hydroxylation sites is 1. The van der Waals surface area contributed by atoms with Crippen LogP contribution in [0, 0.1) is 5.92 Å². The smallest absolute Gasteiger partial charge is 0.246 e. The fraction of sp³-hybridized carbons (Fsp3) is 0.359. The van der Waals surface area contributed by atoms with Gasteiger partial charge in [-0.25, -0.2) is 0 Å². The number of ether oxygens (including phenoxy) is 1. The third-order valence-electron chi connectivity index (χ3n) is 9.51. The lowest BCUT2D eigenvalue weighted by Crippen LogP contribution is -2.66. The summed E-state index contributed by atoms with van der Waals surface area (Å²) in [5.41, 5.74) is 7.64. The summed E-state index contributed by atoms with van der Waals surface area (Å²) in [6.45, 7) is 3.07. The van der Waals surface area contributed by atoms with Crippen LogP contribution < -0.4 is 15.8 Å². The Hall–Kier alpha value is -4.73. The molecule has 48 heavy (non-hydrogen) atoms. The molecule has 0 radical (unpaired) electrons. The topological polar surface area (TPSA) is 108 Å². The summed E-state index contributed by atoms with van der Waals surface area (Å²) in [4.78, 5) is 47.4. The first kappa shape index (κ1) is 33.2. The van der Waals surface area contributed by atoms with Gasteiger partial charge in [0.2, 0.25) is 17.7 Å². The molecule has 3 amide bonds. The SMILES string of the molecule is CN1CCC(CN(C[C@H]2C(=O)N[C@@H](Cc3ccc4ccccc4c3)C(=O)N2Cc2ccc(Oc3ccccc3)cc2)C(=O)CCN)CC1. The van der Waals surface area contributed by atoms with E-state index in [1.165, 1.54) is 0 Å². The highest BCUT2D eigenvalue weighted by atomic mass is 16.5. The summed E-state index contributed by atoms with van der Waals surface area (Å²) in [6, 6.07) is 29.8. The van der Waals surface area contributed by atoms with Crippen LogP contribution in [0.3, 0.4) is 0 Å². The molecule has 0 bridgehead atoms. The number of rotatable bonds is 12. The van der Waals surface area contributed by atoms with Crippen LogP contribution >= 0.6 is 0 Å². The van der Waals surface area contributed by atoms with E-state index >= 15 is 0 Å². The molecule has 0 aliphatic carbocycles. The van der Waals surface area contributed by atoms with Crippen LogP contribution in [0.5, 0.6) is 11.5 Å². The molecule has 2 aliphatic rings. The second-order valence-electron chi connectivity index (χ2n) is 13.1. The Morgan fingerprint density at radius 1 is 0.854 bits per heavy atom. The number of nitrogens with zero attached hydrogens (tertiary/aromatic N) is 3. The van der Waals surface area contributed by atoms with Gasteiger partial charge >= 0.3 is 0 Å². The number of benzene rings is 4. The van der Waals surface area contributed by atoms with Crippen molar-refractivity contribution >= 4 is 28.5 Å². The Bertz CT molecular complexity index is 1700. The van der Waals surface area contributed by atoms with Gasteiger partial charge in [0.15, 0.2) is 0 Å². The van der Waals surface area contributed by atoms with Crippen LogP contribution in [0.25, 0.3) is 10.8 Å². The zero-order chi connectivity index (χ0) is 33.5. The third kappa shape index (κ3) is 8.21. The van der Waals surface area contributed by atoms with E-state index in [9.17, 15) is 14.4 Å². The van der Waals surface area contributed by atoms with Crippen LogP contribution in [-0.4, -0.2) is 84.3 Å². The van der Waals surface area contributed by atoms with Gasteiger partial charge in [-0.2, -0.15) is 0 Å². The second kappa shape index (κ2) is 15.4. The number of nitrogens with two attached hydrogens (primary N) is 1. The lowest BCUT2D eigenvalue weighted by molar-refractivity contribution is -0.152. The predicted octanol–water partition coefficient (Wildman–Crippen LogP) is 4.59. The van der Waals surface area contributed by atoms with Gasteiger partial charge in [-0.05, 0) is 85.1 Å². The number of hydrogen-bond donors (Lipinski definition) is 2. The maximum absolute atomic E-state index is 14.3. The number of carbonyl (C=O) groups is 3. The first-order chi connectivity index (χ1) is 23.4. The van der Waals surface area contributed by atoms with Crippen LogP contribution in [-0.2, 0) is 27.3 Å². The van der Waals surface area contributed by atoms with Crippen molar-refractivity contribution in [1.82, 2.24) is 20.0 Å². The minimum absolute atomic E-state index is 0.0858. The summed E-state index contributed by atoms with van der Waals surface area (Å²) in [7, 11) is 2.11. The normalized spacial score (nSPS) is 18.9. The molecule has 0 saturated carbocycles. The quantitative estimate of drug-likeness (QED) is 0.233. The number of carbonyl (C=O) groups excluding carboxylic acids is 3. The van der Waals surface area contributed by atoms with E-state index in [4.69, 9.17) is 10.5 Å². The zero-order valence-electron chi connectivity index (χ0n) is 27.6. The molecule has 0 spiro atoms. The molecule has 2 heterocycles. The van der Waals surface area contributed by atoms with E-state index < -0.39 is 12.1 Å². The third-order valence-corrected chi connectivity index (χ3v) is 9.51. The molecule has 0 unspecified atom stereocenters. The summed E-state index contributed by atoms with van der Waals surface area (Å²) in [6.07, 6.45) is 2.53. The van der Waals surface area contributed by atoms with Crippen molar-refractivity contribution in [2.75, 3.05) is 39.8 Å². The number of amides is 3. The molecule has 2 atom stereocenters. The van der Waals surface area contributed by atoms with Gasteiger partial charge in [-0.3, -0.25) is 14.4 Å². The van der Waals surface area contributed by atoms with Crippen LogP contribution in [0.1, 0.15) is 30.4 Å². The standard InChI is InChI=1S/C39H45N5O4/c1-42-21-18-29(19-22-42)25-43(37(45)17-20-40)27-36-38(46)41-35(24-30-11-14-31-7-5-6-8-32(31)23-30)39(47)44(36)26-28-12-15-34(16-13-28)48-33-9-3-2-4-10-33/h2-16,23,29,35-36H,17-22,24-27,40H2,1H3,(H,41,46)/t35-,36-/m0/s1. The van der Waals surface area contributed by atoms with E-state index in [-0.39, 0.29) is 43.8 Å². The first-order valence-electron chi connectivity index (χ1n) is 16.9. The molecule has 4 aromatic rings. The van der Waals surface area contributed by atoms with E-state index in [0.717, 1.165) is 53.6 Å². The van der Waals surface area contributed by atoms with E-state index in [2.05, 4.69) is 29.4 Å². The maximum Gasteiger partial charge on any atom is 0.246 e. The van der Waals surface area contributed by atoms with Crippen molar-refractivity contribution in [3.05, 3.63) is 108 Å². The minimum Gasteiger partial charge on any atom is -0.457 e. The van der Waals surface area contributed by atoms with Gasteiger partial charge in [0.05, 0.1) is 6.54 Å². The maximum atomic E-state index is 14.3. The molecule has 6 rings (SSSR count). The lowest BCUT2D eigenvalue weighted by Gasteiger charge is -2.42. The zero-order valence-corrected chi connectivity index (χ0v) is 27.6. The number of hydrogen-bond acceptors (Lipinski definition) is 6. The predicted molar refractivity (Wildman–Crippen MR) is 187 cm³/mol. The van der Waals surface area contributed by atoms with Crippen molar-refractivity contribution < 1.29 is 19.1 Å². The average molecular weight is 648 g/mol. The van der Waals surface area contributed by atoms with Gasteiger partial charge in [0.1, 0.15) is 23.6 Å². The Labute approximate surface area is 282 Å². The number of fused-ring (bicyclic) bond motifs is 1. The number of piperazine rings is 1. The van der Waals surface area contributed by atoms with Crippen molar-refractivity contribution in [1.29, 1.82) is 0 Å². The Morgan fingerprint density at radius 2 is 1.52 bits per heavy atom. The summed E-state index contributed by atoms with van der Waals surface area (Å²) >= 11 is 0.